The molecule has 4 nitrogen and oxygen atoms in total. The second kappa shape index (κ2) is 7.14. The summed E-state index contributed by atoms with van der Waals surface area (Å²) in [5.41, 5.74) is -3.12. The minimum atomic E-state index is -4.90. The van der Waals surface area contributed by atoms with Crippen molar-refractivity contribution in [3.05, 3.63) is 65.2 Å². The number of aliphatic hydroxyl groups is 1. The fourth-order valence-corrected chi connectivity index (χ4v) is 2.49. The van der Waals surface area contributed by atoms with E-state index >= 15 is 0 Å². The van der Waals surface area contributed by atoms with Crippen molar-refractivity contribution in [1.29, 1.82) is 0 Å². The molecule has 0 aliphatic heterocycles. The summed E-state index contributed by atoms with van der Waals surface area (Å²) in [6.45, 7) is 0. The zero-order chi connectivity index (χ0) is 18.7. The Morgan fingerprint density at radius 2 is 1.72 bits per heavy atom. The van der Waals surface area contributed by atoms with Crippen molar-refractivity contribution in [3.63, 3.8) is 0 Å². The number of benzene rings is 2. The van der Waals surface area contributed by atoms with E-state index < -0.39 is 24.2 Å². The summed E-state index contributed by atoms with van der Waals surface area (Å²) in [7, 11) is 2.47. The van der Waals surface area contributed by atoms with Crippen LogP contribution in [0, 0.1) is 0 Å². The summed E-state index contributed by atoms with van der Waals surface area (Å²) in [4.78, 5) is 11.6. The van der Waals surface area contributed by atoms with Crippen molar-refractivity contribution >= 4 is 5.97 Å². The first kappa shape index (κ1) is 18.8. The molecule has 7 heteroatoms. The third kappa shape index (κ3) is 3.76. The first-order valence-corrected chi connectivity index (χ1v) is 7.33. The molecule has 2 aromatic carbocycles. The Morgan fingerprint density at radius 1 is 1.08 bits per heavy atom. The summed E-state index contributed by atoms with van der Waals surface area (Å²) in [6.07, 6.45) is -5.66. The molecule has 1 atom stereocenters. The number of halogens is 3. The number of alkyl halides is 3. The normalized spacial score (nSPS) is 13.8. The molecule has 134 valence electrons. The van der Waals surface area contributed by atoms with Gasteiger partial charge in [-0.05, 0) is 23.3 Å². The predicted molar refractivity (Wildman–Crippen MR) is 84.4 cm³/mol. The number of ether oxygens (including phenoxy) is 2. The average molecular weight is 354 g/mol. The Balaban J connectivity index is 2.48. The van der Waals surface area contributed by atoms with Gasteiger partial charge in [-0.2, -0.15) is 13.2 Å². The lowest BCUT2D eigenvalue weighted by molar-refractivity contribution is -0.266. The van der Waals surface area contributed by atoms with E-state index in [-0.39, 0.29) is 22.4 Å². The van der Waals surface area contributed by atoms with Crippen molar-refractivity contribution in [2.45, 2.75) is 18.2 Å². The fourth-order valence-electron chi connectivity index (χ4n) is 2.49. The Labute approximate surface area is 142 Å². The van der Waals surface area contributed by atoms with Gasteiger partial charge in [0, 0.05) is 6.42 Å². The second-order valence-electron chi connectivity index (χ2n) is 5.42. The van der Waals surface area contributed by atoms with E-state index in [1.54, 1.807) is 6.07 Å². The molecule has 1 unspecified atom stereocenters. The number of hydrogen-bond donors (Lipinski definition) is 1. The highest BCUT2D eigenvalue weighted by Crippen LogP contribution is 2.42. The second-order valence-corrected chi connectivity index (χ2v) is 5.42. The Bertz CT molecular complexity index is 744. The van der Waals surface area contributed by atoms with Gasteiger partial charge < -0.3 is 14.6 Å². The minimum absolute atomic E-state index is 0.0570. The molecule has 0 radical (unpaired) electrons. The van der Waals surface area contributed by atoms with Gasteiger partial charge in [0.05, 0.1) is 19.8 Å². The molecule has 0 heterocycles. The van der Waals surface area contributed by atoms with Gasteiger partial charge in [-0.25, -0.2) is 4.79 Å². The third-order valence-corrected chi connectivity index (χ3v) is 3.87. The van der Waals surface area contributed by atoms with Gasteiger partial charge in [-0.3, -0.25) is 0 Å². The Morgan fingerprint density at radius 3 is 2.24 bits per heavy atom. The van der Waals surface area contributed by atoms with E-state index in [0.717, 1.165) is 0 Å². The molecule has 0 aliphatic carbocycles. The summed E-state index contributed by atoms with van der Waals surface area (Å²) in [5.74, 6) is -0.583. The van der Waals surface area contributed by atoms with E-state index in [4.69, 9.17) is 4.74 Å². The van der Waals surface area contributed by atoms with Crippen LogP contribution in [0.5, 0.6) is 5.75 Å². The molecule has 2 aromatic rings. The molecule has 25 heavy (non-hydrogen) atoms. The zero-order valence-electron chi connectivity index (χ0n) is 13.6. The first-order chi connectivity index (χ1) is 11.7. The molecule has 0 aromatic heterocycles. The number of esters is 1. The van der Waals surface area contributed by atoms with Gasteiger partial charge in [0.25, 0.3) is 0 Å². The van der Waals surface area contributed by atoms with E-state index in [2.05, 4.69) is 4.74 Å². The summed E-state index contributed by atoms with van der Waals surface area (Å²) in [6, 6.07) is 10.7. The molecule has 0 saturated heterocycles. The highest BCUT2D eigenvalue weighted by atomic mass is 19.4. The molecule has 0 saturated carbocycles. The lowest BCUT2D eigenvalue weighted by Gasteiger charge is -2.31. The topological polar surface area (TPSA) is 55.8 Å². The molecule has 1 N–H and O–H groups in total. The molecular formula is C18H17F3O4. The maximum atomic E-state index is 13.6. The Kier molecular flexibility index (Phi) is 5.37. The highest BCUT2D eigenvalue weighted by Gasteiger charge is 2.55. The molecule has 0 fully saturated rings. The maximum Gasteiger partial charge on any atom is 0.421 e. The monoisotopic (exact) mass is 354 g/mol. The van der Waals surface area contributed by atoms with E-state index in [1.165, 1.54) is 56.7 Å². The number of hydrogen-bond acceptors (Lipinski definition) is 4. The zero-order valence-corrected chi connectivity index (χ0v) is 13.6. The summed E-state index contributed by atoms with van der Waals surface area (Å²) >= 11 is 0. The van der Waals surface area contributed by atoms with E-state index in [0.29, 0.717) is 0 Å². The van der Waals surface area contributed by atoms with Crippen LogP contribution in [-0.4, -0.2) is 31.5 Å². The smallest absolute Gasteiger partial charge is 0.421 e. The molecule has 0 amide bonds. The van der Waals surface area contributed by atoms with Crippen molar-refractivity contribution in [2.75, 3.05) is 14.2 Å². The van der Waals surface area contributed by atoms with Gasteiger partial charge >= 0.3 is 12.1 Å². The molecule has 2 rings (SSSR count). The fraction of sp³-hybridized carbons (Fsp3) is 0.278. The van der Waals surface area contributed by atoms with Gasteiger partial charge in [-0.15, -0.1) is 0 Å². The van der Waals surface area contributed by atoms with Crippen LogP contribution >= 0.6 is 0 Å². The van der Waals surface area contributed by atoms with Crippen LogP contribution in [0.15, 0.2) is 48.5 Å². The van der Waals surface area contributed by atoms with Crippen LogP contribution in [0.1, 0.15) is 21.5 Å². The van der Waals surface area contributed by atoms with Gasteiger partial charge in [0.1, 0.15) is 5.75 Å². The van der Waals surface area contributed by atoms with E-state index in [1.807, 2.05) is 0 Å². The average Bonchev–Trinajstić information content (AvgIpc) is 2.61. The van der Waals surface area contributed by atoms with Crippen LogP contribution in [-0.2, 0) is 16.8 Å². The van der Waals surface area contributed by atoms with Crippen LogP contribution in [0.25, 0.3) is 0 Å². The van der Waals surface area contributed by atoms with Crippen molar-refractivity contribution in [3.8, 4) is 5.75 Å². The SMILES string of the molecule is COC(=O)c1ccc(CC(O)(c2ccccc2)C(F)(F)F)c(OC)c1. The number of rotatable bonds is 5. The predicted octanol–water partition coefficient (Wildman–Crippen LogP) is 3.47. The van der Waals surface area contributed by atoms with Gasteiger partial charge in [0.15, 0.2) is 5.60 Å². The summed E-state index contributed by atoms with van der Waals surface area (Å²) < 4.78 is 50.5. The van der Waals surface area contributed by atoms with Crippen LogP contribution in [0.3, 0.4) is 0 Å². The Hall–Kier alpha value is -2.54. The number of carbonyl (C=O) groups is 1. The van der Waals surface area contributed by atoms with Gasteiger partial charge in [-0.1, -0.05) is 36.4 Å². The van der Waals surface area contributed by atoms with Crippen molar-refractivity contribution in [1.82, 2.24) is 0 Å². The lowest BCUT2D eigenvalue weighted by Crippen LogP contribution is -2.44. The standard InChI is InChI=1S/C18H17F3O4/c1-24-15-10-12(16(22)25-2)8-9-13(15)11-17(23,18(19,20)21)14-6-4-3-5-7-14/h3-10,23H,11H2,1-2H3. The van der Waals surface area contributed by atoms with Crippen molar-refractivity contribution in [2.24, 2.45) is 0 Å². The molecular weight excluding hydrogens is 337 g/mol. The lowest BCUT2D eigenvalue weighted by atomic mass is 9.86. The van der Waals surface area contributed by atoms with Crippen LogP contribution in [0.4, 0.5) is 13.2 Å². The third-order valence-electron chi connectivity index (χ3n) is 3.87. The minimum Gasteiger partial charge on any atom is -0.496 e. The van der Waals surface area contributed by atoms with Crippen LogP contribution < -0.4 is 4.74 Å². The number of carbonyl (C=O) groups excluding carboxylic acids is 1. The largest absolute Gasteiger partial charge is 0.496 e. The van der Waals surface area contributed by atoms with Crippen molar-refractivity contribution < 1.29 is 32.5 Å². The number of methoxy groups -OCH3 is 2. The van der Waals surface area contributed by atoms with Crippen LogP contribution in [0.2, 0.25) is 0 Å². The quantitative estimate of drug-likeness (QED) is 0.836. The molecule has 0 spiro atoms. The summed E-state index contributed by atoms with van der Waals surface area (Å²) in [5, 5.41) is 10.4. The molecule has 0 bridgehead atoms. The maximum absolute atomic E-state index is 13.6. The van der Waals surface area contributed by atoms with Gasteiger partial charge in [0.2, 0.25) is 0 Å². The highest BCUT2D eigenvalue weighted by molar-refractivity contribution is 5.89. The van der Waals surface area contributed by atoms with E-state index in [9.17, 15) is 23.1 Å². The molecule has 0 aliphatic rings. The first-order valence-electron chi connectivity index (χ1n) is 7.33.